The molecule has 5 aromatic rings. The van der Waals surface area contributed by atoms with Gasteiger partial charge in [-0.3, -0.25) is 14.6 Å². The number of piperidine rings is 1. The SMILES string of the molecule is CCC(=O)c1ccc(N2Cc3c(cnc4[nH]c(-c5ccc(CN6CCC(S(C)(=O)=O)CC6)cc5)c(-c5ccc(OC)cc5)c34)NC2=O)cc1. The maximum Gasteiger partial charge on any atom is 0.326 e. The molecule has 3 aromatic carbocycles. The van der Waals surface area contributed by atoms with Crippen LogP contribution >= 0.6 is 0 Å². The number of carbonyl (C=O) groups excluding carboxylic acids is 2. The number of nitrogens with one attached hydrogen (secondary N) is 2. The number of sulfone groups is 1. The first-order chi connectivity index (χ1) is 23.6. The average molecular weight is 678 g/mol. The number of rotatable bonds is 9. The highest BCUT2D eigenvalue weighted by molar-refractivity contribution is 7.91. The first-order valence-corrected chi connectivity index (χ1v) is 18.5. The average Bonchev–Trinajstić information content (AvgIpc) is 3.51. The maximum absolute atomic E-state index is 13.3. The van der Waals surface area contributed by atoms with Crippen LogP contribution in [0.4, 0.5) is 16.2 Å². The van der Waals surface area contributed by atoms with Crippen molar-refractivity contribution < 1.29 is 22.7 Å². The van der Waals surface area contributed by atoms with Crippen LogP contribution in [0.25, 0.3) is 33.4 Å². The Labute approximate surface area is 286 Å². The fraction of sp³-hybridized carbons (Fsp3) is 0.289. The van der Waals surface area contributed by atoms with Gasteiger partial charge >= 0.3 is 6.03 Å². The molecule has 1 saturated heterocycles. The lowest BCUT2D eigenvalue weighted by Gasteiger charge is -2.31. The molecule has 2 aliphatic heterocycles. The minimum atomic E-state index is -3.01. The summed E-state index contributed by atoms with van der Waals surface area (Å²) < 4.78 is 29.5. The molecule has 2 amide bonds. The largest absolute Gasteiger partial charge is 0.497 e. The number of fused-ring (bicyclic) bond motifs is 3. The molecular weight excluding hydrogens is 639 g/mol. The molecule has 49 heavy (non-hydrogen) atoms. The fourth-order valence-corrected chi connectivity index (χ4v) is 8.00. The number of hydrogen-bond acceptors (Lipinski definition) is 7. The van der Waals surface area contributed by atoms with Crippen molar-refractivity contribution in [2.75, 3.05) is 36.7 Å². The molecule has 0 aliphatic carbocycles. The van der Waals surface area contributed by atoms with E-state index in [0.717, 1.165) is 64.3 Å². The van der Waals surface area contributed by atoms with Gasteiger partial charge in [-0.15, -0.1) is 0 Å². The van der Waals surface area contributed by atoms with E-state index in [9.17, 15) is 18.0 Å². The Morgan fingerprint density at radius 3 is 2.27 bits per heavy atom. The van der Waals surface area contributed by atoms with E-state index in [-0.39, 0.29) is 17.1 Å². The molecule has 1 fully saturated rings. The maximum atomic E-state index is 13.3. The number of H-pyrrole nitrogens is 1. The summed E-state index contributed by atoms with van der Waals surface area (Å²) in [7, 11) is -1.37. The second-order valence-corrected chi connectivity index (χ2v) is 15.1. The van der Waals surface area contributed by atoms with Gasteiger partial charge in [0, 0.05) is 47.0 Å². The highest BCUT2D eigenvalue weighted by atomic mass is 32.2. The van der Waals surface area contributed by atoms with Gasteiger partial charge in [0.1, 0.15) is 21.2 Å². The molecular formula is C38H39N5O5S. The molecule has 0 atom stereocenters. The van der Waals surface area contributed by atoms with Crippen molar-refractivity contribution >= 4 is 44.1 Å². The van der Waals surface area contributed by atoms with E-state index in [0.29, 0.717) is 48.4 Å². The smallest absolute Gasteiger partial charge is 0.326 e. The molecule has 11 heteroatoms. The van der Waals surface area contributed by atoms with Gasteiger partial charge in [0.25, 0.3) is 0 Å². The van der Waals surface area contributed by atoms with Crippen molar-refractivity contribution in [1.29, 1.82) is 0 Å². The Morgan fingerprint density at radius 2 is 1.63 bits per heavy atom. The highest BCUT2D eigenvalue weighted by Gasteiger charge is 2.30. The predicted octanol–water partition coefficient (Wildman–Crippen LogP) is 7.06. The van der Waals surface area contributed by atoms with Crippen LogP contribution in [0.5, 0.6) is 5.75 Å². The van der Waals surface area contributed by atoms with Crippen molar-refractivity contribution in [2.45, 2.75) is 44.5 Å². The number of ether oxygens (including phenoxy) is 1. The molecule has 4 heterocycles. The van der Waals surface area contributed by atoms with Gasteiger partial charge in [-0.2, -0.15) is 0 Å². The zero-order chi connectivity index (χ0) is 34.3. The Bertz CT molecular complexity index is 2130. The summed E-state index contributed by atoms with van der Waals surface area (Å²) in [6.45, 7) is 4.42. The number of carbonyl (C=O) groups is 2. The Kier molecular flexibility index (Phi) is 8.72. The molecule has 10 nitrogen and oxygen atoms in total. The molecule has 252 valence electrons. The lowest BCUT2D eigenvalue weighted by Crippen LogP contribution is -2.38. The highest BCUT2D eigenvalue weighted by Crippen LogP contribution is 2.43. The van der Waals surface area contributed by atoms with Crippen molar-refractivity contribution in [3.63, 3.8) is 0 Å². The third-order valence-corrected chi connectivity index (χ3v) is 11.4. The van der Waals surface area contributed by atoms with Gasteiger partial charge in [0.05, 0.1) is 36.5 Å². The first kappa shape index (κ1) is 32.5. The van der Waals surface area contributed by atoms with Crippen LogP contribution in [0.3, 0.4) is 0 Å². The Hall–Kier alpha value is -5.00. The second kappa shape index (κ2) is 13.1. The van der Waals surface area contributed by atoms with E-state index in [4.69, 9.17) is 9.72 Å². The van der Waals surface area contributed by atoms with Gasteiger partial charge < -0.3 is 15.0 Å². The van der Waals surface area contributed by atoms with Gasteiger partial charge in [0.2, 0.25) is 0 Å². The number of aromatic amines is 1. The van der Waals surface area contributed by atoms with Crippen molar-refractivity contribution in [3.8, 4) is 28.1 Å². The van der Waals surface area contributed by atoms with Crippen LogP contribution in [-0.4, -0.2) is 66.8 Å². The molecule has 0 saturated carbocycles. The van der Waals surface area contributed by atoms with E-state index in [1.54, 1.807) is 30.3 Å². The van der Waals surface area contributed by atoms with Crippen molar-refractivity contribution in [1.82, 2.24) is 14.9 Å². The van der Waals surface area contributed by atoms with E-state index >= 15 is 0 Å². The van der Waals surface area contributed by atoms with Gasteiger partial charge in [-0.05, 0) is 79.0 Å². The lowest BCUT2D eigenvalue weighted by atomic mass is 9.95. The number of amides is 2. The first-order valence-electron chi connectivity index (χ1n) is 16.5. The summed E-state index contributed by atoms with van der Waals surface area (Å²) >= 11 is 0. The fourth-order valence-electron chi connectivity index (χ4n) is 6.94. The van der Waals surface area contributed by atoms with E-state index in [1.807, 2.05) is 43.3 Å². The summed E-state index contributed by atoms with van der Waals surface area (Å²) in [5.41, 5.74) is 8.61. The summed E-state index contributed by atoms with van der Waals surface area (Å²) in [4.78, 5) is 37.9. The number of hydrogen-bond donors (Lipinski definition) is 2. The predicted molar refractivity (Wildman–Crippen MR) is 193 cm³/mol. The number of likely N-dealkylation sites (tertiary alicyclic amines) is 1. The number of Topliss-reactive ketones (excluding diaryl/α,β-unsaturated/α-hetero) is 1. The van der Waals surface area contributed by atoms with Gasteiger partial charge in [0.15, 0.2) is 5.78 Å². The number of pyridine rings is 1. The number of nitrogens with zero attached hydrogens (tertiary/aromatic N) is 3. The monoisotopic (exact) mass is 677 g/mol. The van der Waals surface area contributed by atoms with Crippen molar-refractivity contribution in [3.05, 3.63) is 95.7 Å². The van der Waals surface area contributed by atoms with Crippen LogP contribution in [0.1, 0.15) is 47.7 Å². The topological polar surface area (TPSA) is 125 Å². The molecule has 2 aliphatic rings. The van der Waals surface area contributed by atoms with E-state index in [2.05, 4.69) is 39.5 Å². The lowest BCUT2D eigenvalue weighted by molar-refractivity contribution is 0.0988. The van der Waals surface area contributed by atoms with E-state index in [1.165, 1.54) is 6.26 Å². The van der Waals surface area contributed by atoms with Gasteiger partial charge in [-0.25, -0.2) is 18.2 Å². The number of anilines is 2. The van der Waals surface area contributed by atoms with Crippen LogP contribution < -0.4 is 15.0 Å². The zero-order valence-corrected chi connectivity index (χ0v) is 28.6. The molecule has 0 spiro atoms. The third kappa shape index (κ3) is 6.43. The van der Waals surface area contributed by atoms with Crippen LogP contribution in [0.15, 0.2) is 79.0 Å². The quantitative estimate of drug-likeness (QED) is 0.160. The number of aromatic nitrogens is 2. The molecule has 2 N–H and O–H groups in total. The number of benzene rings is 3. The minimum Gasteiger partial charge on any atom is -0.497 e. The van der Waals surface area contributed by atoms with Crippen LogP contribution in [0, 0.1) is 0 Å². The Balaban J connectivity index is 1.25. The molecule has 7 rings (SSSR count). The molecule has 0 radical (unpaired) electrons. The number of urea groups is 1. The summed E-state index contributed by atoms with van der Waals surface area (Å²) in [5, 5.41) is 3.70. The second-order valence-electron chi connectivity index (χ2n) is 12.8. The molecule has 0 unspecified atom stereocenters. The normalized spacial score (nSPS) is 15.7. The molecule has 0 bridgehead atoms. The number of ketones is 1. The summed E-state index contributed by atoms with van der Waals surface area (Å²) in [6, 6.07) is 23.3. The van der Waals surface area contributed by atoms with E-state index < -0.39 is 9.84 Å². The van der Waals surface area contributed by atoms with Crippen LogP contribution in [0.2, 0.25) is 0 Å². The number of methoxy groups -OCH3 is 1. The minimum absolute atomic E-state index is 0.0547. The Morgan fingerprint density at radius 1 is 0.959 bits per heavy atom. The standard InChI is InChI=1S/C38H39N5O5S/c1-4-33(44)25-9-13-28(14-10-25)43-23-31-32(40-38(43)45)21-39-37-35(31)34(26-11-15-29(48-2)16-12-26)36(41-37)27-7-5-24(6-8-27)22-42-19-17-30(18-20-42)49(3,46)47/h5-16,21,30H,4,17-20,22-23H2,1-3H3,(H,39,41)(H,40,45). The molecule has 2 aromatic heterocycles. The third-order valence-electron chi connectivity index (χ3n) is 9.72. The van der Waals surface area contributed by atoms with Crippen LogP contribution in [-0.2, 0) is 22.9 Å². The van der Waals surface area contributed by atoms with Crippen molar-refractivity contribution in [2.24, 2.45) is 0 Å². The zero-order valence-electron chi connectivity index (χ0n) is 27.8. The van der Waals surface area contributed by atoms with Gasteiger partial charge in [-0.1, -0.05) is 43.3 Å². The summed E-state index contributed by atoms with van der Waals surface area (Å²) in [6.07, 6.45) is 4.78. The summed E-state index contributed by atoms with van der Waals surface area (Å²) in [5.74, 6) is 0.803.